The molecule has 1 unspecified atom stereocenters. The average molecular weight is 458 g/mol. The van der Waals surface area contributed by atoms with Gasteiger partial charge in [-0.05, 0) is 42.9 Å². The molecular weight excluding hydrogens is 426 g/mol. The molecule has 7 nitrogen and oxygen atoms in total. The van der Waals surface area contributed by atoms with Gasteiger partial charge in [0.2, 0.25) is 11.8 Å². The number of rotatable bonds is 11. The number of benzene rings is 2. The van der Waals surface area contributed by atoms with Crippen LogP contribution in [0.5, 0.6) is 11.5 Å². The summed E-state index contributed by atoms with van der Waals surface area (Å²) in [4.78, 5) is 28.0. The first kappa shape index (κ1) is 23.9. The Kier molecular flexibility index (Phi) is 8.81. The van der Waals surface area contributed by atoms with Crippen molar-refractivity contribution in [3.63, 3.8) is 0 Å². The first-order valence-electron chi connectivity index (χ1n) is 10.9. The molecule has 8 heteroatoms. The molecule has 2 aromatic rings. The molecule has 172 valence electrons. The number of nitrogens with zero attached hydrogens (tertiary/aromatic N) is 1. The average Bonchev–Trinajstić information content (AvgIpc) is 2.81. The lowest BCUT2D eigenvalue weighted by Crippen LogP contribution is -2.34. The van der Waals surface area contributed by atoms with Gasteiger partial charge in [-0.3, -0.25) is 9.59 Å². The minimum absolute atomic E-state index is 0.120. The third-order valence-corrected chi connectivity index (χ3v) is 6.63. The number of carbonyl (C=O) groups is 2. The number of thioether (sulfide) groups is 1. The van der Waals surface area contributed by atoms with Gasteiger partial charge in [0, 0.05) is 24.4 Å². The monoisotopic (exact) mass is 457 g/mol. The number of amides is 2. The predicted molar refractivity (Wildman–Crippen MR) is 127 cm³/mol. The van der Waals surface area contributed by atoms with Gasteiger partial charge in [-0.1, -0.05) is 32.0 Å². The molecule has 1 aliphatic heterocycles. The Morgan fingerprint density at radius 1 is 1.16 bits per heavy atom. The molecule has 0 spiro atoms. The van der Waals surface area contributed by atoms with Crippen LogP contribution in [0.3, 0.4) is 0 Å². The van der Waals surface area contributed by atoms with Gasteiger partial charge < -0.3 is 25.0 Å². The zero-order valence-electron chi connectivity index (χ0n) is 18.8. The van der Waals surface area contributed by atoms with E-state index in [9.17, 15) is 9.59 Å². The Morgan fingerprint density at radius 2 is 1.94 bits per heavy atom. The number of nitrogens with one attached hydrogen (secondary N) is 2. The van der Waals surface area contributed by atoms with Crippen LogP contribution >= 0.6 is 11.8 Å². The van der Waals surface area contributed by atoms with Crippen LogP contribution in [0.15, 0.2) is 47.4 Å². The number of para-hydroxylation sites is 1. The summed E-state index contributed by atoms with van der Waals surface area (Å²) in [6.45, 7) is 8.03. The van der Waals surface area contributed by atoms with E-state index in [4.69, 9.17) is 9.47 Å². The first-order chi connectivity index (χ1) is 15.5. The Morgan fingerprint density at radius 3 is 2.69 bits per heavy atom. The lowest BCUT2D eigenvalue weighted by atomic mass is 10.2. The summed E-state index contributed by atoms with van der Waals surface area (Å²) < 4.78 is 11.3. The van der Waals surface area contributed by atoms with Crippen molar-refractivity contribution in [2.75, 3.05) is 38.7 Å². The van der Waals surface area contributed by atoms with Gasteiger partial charge in [0.1, 0.15) is 6.61 Å². The molecule has 0 aliphatic carbocycles. The Labute approximate surface area is 193 Å². The van der Waals surface area contributed by atoms with E-state index in [1.807, 2.05) is 42.5 Å². The summed E-state index contributed by atoms with van der Waals surface area (Å²) in [6.07, 6.45) is 0.120. The Bertz CT molecular complexity index is 933. The maximum absolute atomic E-state index is 12.5. The van der Waals surface area contributed by atoms with Crippen LogP contribution in [0.25, 0.3) is 0 Å². The third-order valence-electron chi connectivity index (χ3n) is 5.35. The number of ether oxygens (including phenoxy) is 2. The minimum atomic E-state index is -0.444. The van der Waals surface area contributed by atoms with Crippen molar-refractivity contribution >= 4 is 29.3 Å². The summed E-state index contributed by atoms with van der Waals surface area (Å²) in [5.41, 5.74) is 1.70. The van der Waals surface area contributed by atoms with E-state index < -0.39 is 5.25 Å². The molecule has 2 N–H and O–H groups in total. The third kappa shape index (κ3) is 6.40. The second-order valence-electron chi connectivity index (χ2n) is 7.43. The highest BCUT2D eigenvalue weighted by Crippen LogP contribution is 2.36. The number of methoxy groups -OCH3 is 1. The molecule has 0 radical (unpaired) electrons. The fourth-order valence-electron chi connectivity index (χ4n) is 3.43. The summed E-state index contributed by atoms with van der Waals surface area (Å²) >= 11 is 1.42. The zero-order valence-corrected chi connectivity index (χ0v) is 19.7. The van der Waals surface area contributed by atoms with Crippen LogP contribution in [0.2, 0.25) is 0 Å². The highest BCUT2D eigenvalue weighted by molar-refractivity contribution is 8.01. The van der Waals surface area contributed by atoms with E-state index in [1.54, 1.807) is 7.11 Å². The molecule has 32 heavy (non-hydrogen) atoms. The molecular formula is C24H31N3O4S. The van der Waals surface area contributed by atoms with Crippen molar-refractivity contribution in [3.05, 3.63) is 48.0 Å². The normalized spacial score (nSPS) is 15.1. The lowest BCUT2D eigenvalue weighted by Gasteiger charge is -2.23. The molecule has 0 saturated carbocycles. The highest BCUT2D eigenvalue weighted by Gasteiger charge is 2.28. The molecule has 0 aromatic heterocycles. The smallest absolute Gasteiger partial charge is 0.238 e. The predicted octanol–water partition coefficient (Wildman–Crippen LogP) is 3.54. The minimum Gasteiger partial charge on any atom is -0.493 e. The van der Waals surface area contributed by atoms with Gasteiger partial charge in [-0.25, -0.2) is 0 Å². The van der Waals surface area contributed by atoms with Gasteiger partial charge in [0.15, 0.2) is 11.5 Å². The van der Waals surface area contributed by atoms with E-state index in [0.717, 1.165) is 35.8 Å². The van der Waals surface area contributed by atoms with Gasteiger partial charge >= 0.3 is 0 Å². The maximum Gasteiger partial charge on any atom is 0.238 e. The second kappa shape index (κ2) is 11.8. The van der Waals surface area contributed by atoms with Crippen LogP contribution in [0, 0.1) is 0 Å². The molecule has 1 aliphatic rings. The maximum atomic E-state index is 12.5. The van der Waals surface area contributed by atoms with E-state index in [2.05, 4.69) is 29.4 Å². The molecule has 2 amide bonds. The molecule has 3 rings (SSSR count). The van der Waals surface area contributed by atoms with Crippen LogP contribution in [-0.4, -0.2) is 55.3 Å². The molecule has 2 aromatic carbocycles. The van der Waals surface area contributed by atoms with Crippen LogP contribution in [0.1, 0.15) is 25.8 Å². The van der Waals surface area contributed by atoms with E-state index in [1.165, 1.54) is 11.8 Å². The van der Waals surface area contributed by atoms with E-state index in [-0.39, 0.29) is 18.2 Å². The number of fused-ring (bicyclic) bond motifs is 1. The Balaban J connectivity index is 1.50. The van der Waals surface area contributed by atoms with Crippen LogP contribution < -0.4 is 20.1 Å². The number of hydrogen-bond donors (Lipinski definition) is 2. The highest BCUT2D eigenvalue weighted by atomic mass is 32.2. The van der Waals surface area contributed by atoms with Crippen LogP contribution in [0.4, 0.5) is 5.69 Å². The van der Waals surface area contributed by atoms with Crippen molar-refractivity contribution in [3.8, 4) is 11.5 Å². The summed E-state index contributed by atoms with van der Waals surface area (Å²) in [5, 5.41) is 5.32. The second-order valence-corrected chi connectivity index (χ2v) is 8.68. The fourth-order valence-corrected chi connectivity index (χ4v) is 4.54. The number of anilines is 1. The largest absolute Gasteiger partial charge is 0.493 e. The van der Waals surface area contributed by atoms with Crippen molar-refractivity contribution in [1.29, 1.82) is 0 Å². The summed E-state index contributed by atoms with van der Waals surface area (Å²) in [7, 11) is 1.60. The SMILES string of the molecule is CCN(CC)CCOc1ccc(CNC(=O)CC2Sc3ccccc3NC2=O)cc1OC. The number of hydrogen-bond acceptors (Lipinski definition) is 6. The summed E-state index contributed by atoms with van der Waals surface area (Å²) in [5.74, 6) is 1.01. The van der Waals surface area contributed by atoms with Gasteiger partial charge in [-0.2, -0.15) is 0 Å². The quantitative estimate of drug-likeness (QED) is 0.537. The van der Waals surface area contributed by atoms with Gasteiger partial charge in [0.25, 0.3) is 0 Å². The van der Waals surface area contributed by atoms with Crippen molar-refractivity contribution in [2.24, 2.45) is 0 Å². The lowest BCUT2D eigenvalue weighted by molar-refractivity contribution is -0.124. The standard InChI is InChI=1S/C24H31N3O4S/c1-4-27(5-2)12-13-31-19-11-10-17(14-20(19)30-3)16-25-23(28)15-22-24(29)26-18-8-6-7-9-21(18)32-22/h6-11,14,22H,4-5,12-13,15-16H2,1-3H3,(H,25,28)(H,26,29). The van der Waals surface area contributed by atoms with E-state index >= 15 is 0 Å². The first-order valence-corrected chi connectivity index (χ1v) is 11.8. The molecule has 0 saturated heterocycles. The molecule has 0 fully saturated rings. The number of likely N-dealkylation sites (N-methyl/N-ethyl adjacent to an activating group) is 1. The van der Waals surface area contributed by atoms with Gasteiger partial charge in [-0.15, -0.1) is 11.8 Å². The van der Waals surface area contributed by atoms with Crippen molar-refractivity contribution in [2.45, 2.75) is 37.0 Å². The zero-order chi connectivity index (χ0) is 22.9. The van der Waals surface area contributed by atoms with Crippen molar-refractivity contribution < 1.29 is 19.1 Å². The van der Waals surface area contributed by atoms with Crippen LogP contribution in [-0.2, 0) is 16.1 Å². The van der Waals surface area contributed by atoms with Crippen molar-refractivity contribution in [1.82, 2.24) is 10.2 Å². The van der Waals surface area contributed by atoms with E-state index in [0.29, 0.717) is 24.7 Å². The number of carbonyl (C=O) groups excluding carboxylic acids is 2. The molecule has 1 atom stereocenters. The Hall–Kier alpha value is -2.71. The summed E-state index contributed by atoms with van der Waals surface area (Å²) in [6, 6.07) is 13.2. The fraction of sp³-hybridized carbons (Fsp3) is 0.417. The topological polar surface area (TPSA) is 79.9 Å². The molecule has 0 bridgehead atoms. The molecule has 1 heterocycles. The van der Waals surface area contributed by atoms with Gasteiger partial charge in [0.05, 0.1) is 18.0 Å².